The van der Waals surface area contributed by atoms with Gasteiger partial charge in [-0.1, -0.05) is 28.1 Å². The number of halogens is 1. The van der Waals surface area contributed by atoms with Crippen molar-refractivity contribution >= 4 is 50.0 Å². The Morgan fingerprint density at radius 3 is 2.81 bits per heavy atom. The number of nitrogens with one attached hydrogen (secondary N) is 4. The van der Waals surface area contributed by atoms with E-state index >= 15 is 0 Å². The molecular weight excluding hydrogens is 478 g/mol. The number of H-pyrrole nitrogens is 2. The molecule has 0 radical (unpaired) electrons. The minimum atomic E-state index is -0.338. The maximum atomic E-state index is 13.0. The number of anilines is 2. The summed E-state index contributed by atoms with van der Waals surface area (Å²) in [5, 5.41) is 20.6. The first-order chi connectivity index (χ1) is 15.6. The maximum absolute atomic E-state index is 13.0. The van der Waals surface area contributed by atoms with Gasteiger partial charge in [-0.25, -0.2) is 0 Å². The number of amides is 2. The smallest absolute Gasteiger partial charge is 0.272 e. The van der Waals surface area contributed by atoms with E-state index in [0.29, 0.717) is 53.6 Å². The Morgan fingerprint density at radius 1 is 1.12 bits per heavy atom. The van der Waals surface area contributed by atoms with Gasteiger partial charge in [0.1, 0.15) is 5.69 Å². The summed E-state index contributed by atoms with van der Waals surface area (Å²) in [6.07, 6.45) is 0.704. The van der Waals surface area contributed by atoms with Crippen LogP contribution < -0.4 is 10.6 Å². The van der Waals surface area contributed by atoms with E-state index in [0.717, 1.165) is 9.86 Å². The van der Waals surface area contributed by atoms with E-state index in [2.05, 4.69) is 52.2 Å². The number of benzene rings is 2. The van der Waals surface area contributed by atoms with Gasteiger partial charge in [-0.3, -0.25) is 9.59 Å². The first-order valence-corrected chi connectivity index (χ1v) is 10.7. The van der Waals surface area contributed by atoms with Crippen molar-refractivity contribution in [2.45, 2.75) is 6.42 Å². The molecule has 11 heteroatoms. The Labute approximate surface area is 190 Å². The van der Waals surface area contributed by atoms with Gasteiger partial charge >= 0.3 is 0 Å². The van der Waals surface area contributed by atoms with E-state index in [1.165, 1.54) is 0 Å². The number of hydrogen-bond acceptors (Lipinski definition) is 6. The van der Waals surface area contributed by atoms with E-state index in [1.807, 2.05) is 18.2 Å². The molecule has 0 aliphatic carbocycles. The third kappa shape index (κ3) is 3.99. The van der Waals surface area contributed by atoms with Gasteiger partial charge in [0.15, 0.2) is 0 Å². The molecule has 5 rings (SSSR count). The third-order valence-electron chi connectivity index (χ3n) is 5.28. The standard InChI is InChI=1S/C21H18BrN7O3/c22-13-4-5-15(14(9-13)19-26-28-29-27-19)24-21(31)17-8-11-2-1-3-16(18(11)23-17)25-20(30)12-6-7-32-10-12/h1-5,8-9,12,23H,6-7,10H2,(H,24,31)(H,25,30)(H,26,27,28,29). The molecule has 1 fully saturated rings. The van der Waals surface area contributed by atoms with Gasteiger partial charge in [0.2, 0.25) is 11.7 Å². The number of aromatic amines is 2. The summed E-state index contributed by atoms with van der Waals surface area (Å²) in [5.74, 6) is -0.229. The van der Waals surface area contributed by atoms with E-state index in [4.69, 9.17) is 4.74 Å². The highest BCUT2D eigenvalue weighted by atomic mass is 79.9. The van der Waals surface area contributed by atoms with Gasteiger partial charge in [-0.15, -0.1) is 10.2 Å². The number of tetrazole rings is 1. The molecule has 1 unspecified atom stereocenters. The van der Waals surface area contributed by atoms with Crippen LogP contribution in [0.3, 0.4) is 0 Å². The summed E-state index contributed by atoms with van der Waals surface area (Å²) < 4.78 is 6.11. The van der Waals surface area contributed by atoms with Crippen molar-refractivity contribution in [1.82, 2.24) is 25.6 Å². The third-order valence-corrected chi connectivity index (χ3v) is 5.77. The normalized spacial score (nSPS) is 15.7. The molecule has 1 atom stereocenters. The molecule has 10 nitrogen and oxygen atoms in total. The second kappa shape index (κ2) is 8.52. The number of aromatic nitrogens is 5. The number of carbonyl (C=O) groups excluding carboxylic acids is 2. The van der Waals surface area contributed by atoms with Crippen molar-refractivity contribution in [1.29, 1.82) is 0 Å². The second-order valence-electron chi connectivity index (χ2n) is 7.38. The average molecular weight is 496 g/mol. The minimum Gasteiger partial charge on any atom is -0.381 e. The molecule has 4 N–H and O–H groups in total. The number of carbonyl (C=O) groups is 2. The van der Waals surface area contributed by atoms with Crippen LogP contribution >= 0.6 is 15.9 Å². The number of ether oxygens (including phenoxy) is 1. The molecule has 0 spiro atoms. The van der Waals surface area contributed by atoms with Crippen LogP contribution in [0.1, 0.15) is 16.9 Å². The molecule has 4 aromatic rings. The lowest BCUT2D eigenvalue weighted by Crippen LogP contribution is -2.22. The van der Waals surface area contributed by atoms with Crippen LogP contribution in [-0.4, -0.2) is 50.6 Å². The Balaban J connectivity index is 1.41. The second-order valence-corrected chi connectivity index (χ2v) is 8.30. The van der Waals surface area contributed by atoms with E-state index < -0.39 is 0 Å². The fraction of sp³-hybridized carbons (Fsp3) is 0.190. The van der Waals surface area contributed by atoms with E-state index in [9.17, 15) is 9.59 Å². The average Bonchev–Trinajstić information content (AvgIpc) is 3.56. The lowest BCUT2D eigenvalue weighted by Gasteiger charge is -2.10. The van der Waals surface area contributed by atoms with Crippen LogP contribution in [-0.2, 0) is 9.53 Å². The van der Waals surface area contributed by atoms with Gasteiger partial charge in [0.25, 0.3) is 5.91 Å². The van der Waals surface area contributed by atoms with Gasteiger partial charge in [-0.05, 0) is 42.0 Å². The number of rotatable bonds is 5. The summed E-state index contributed by atoms with van der Waals surface area (Å²) in [6.45, 7) is 1.02. The molecular formula is C21H18BrN7O3. The molecule has 3 heterocycles. The van der Waals surface area contributed by atoms with Gasteiger partial charge < -0.3 is 20.4 Å². The van der Waals surface area contributed by atoms with Crippen LogP contribution in [0, 0.1) is 5.92 Å². The van der Waals surface area contributed by atoms with Crippen LogP contribution in [0.2, 0.25) is 0 Å². The summed E-state index contributed by atoms with van der Waals surface area (Å²) in [4.78, 5) is 28.6. The topological polar surface area (TPSA) is 138 Å². The van der Waals surface area contributed by atoms with Crippen molar-refractivity contribution in [3.63, 3.8) is 0 Å². The lowest BCUT2D eigenvalue weighted by molar-refractivity contribution is -0.119. The molecule has 1 aliphatic heterocycles. The van der Waals surface area contributed by atoms with Crippen molar-refractivity contribution < 1.29 is 14.3 Å². The molecule has 0 bridgehead atoms. The zero-order chi connectivity index (χ0) is 22.1. The molecule has 2 aromatic carbocycles. The molecule has 2 aromatic heterocycles. The van der Waals surface area contributed by atoms with Crippen LogP contribution in [0.4, 0.5) is 11.4 Å². The number of nitrogens with zero attached hydrogens (tertiary/aromatic N) is 3. The monoisotopic (exact) mass is 495 g/mol. The van der Waals surface area contributed by atoms with E-state index in [-0.39, 0.29) is 17.7 Å². The van der Waals surface area contributed by atoms with Crippen molar-refractivity contribution in [3.05, 3.63) is 52.6 Å². The summed E-state index contributed by atoms with van der Waals surface area (Å²) >= 11 is 3.42. The lowest BCUT2D eigenvalue weighted by atomic mass is 10.1. The Bertz CT molecular complexity index is 1300. The largest absolute Gasteiger partial charge is 0.381 e. The highest BCUT2D eigenvalue weighted by molar-refractivity contribution is 9.10. The SMILES string of the molecule is O=C(Nc1ccc(Br)cc1-c1nn[nH]n1)c1cc2cccc(NC(=O)C3CCOC3)c2[nH]1. The predicted octanol–water partition coefficient (Wildman–Crippen LogP) is 3.34. The van der Waals surface area contributed by atoms with Crippen LogP contribution in [0.25, 0.3) is 22.3 Å². The van der Waals surface area contributed by atoms with Gasteiger partial charge in [-0.2, -0.15) is 5.21 Å². The molecule has 1 saturated heterocycles. The first kappa shape index (κ1) is 20.3. The number of para-hydroxylation sites is 1. The molecule has 2 amide bonds. The van der Waals surface area contributed by atoms with Crippen molar-refractivity contribution in [2.75, 3.05) is 23.8 Å². The van der Waals surface area contributed by atoms with Crippen molar-refractivity contribution in [3.8, 4) is 11.4 Å². The zero-order valence-electron chi connectivity index (χ0n) is 16.7. The summed E-state index contributed by atoms with van der Waals surface area (Å²) in [6, 6.07) is 12.6. The summed E-state index contributed by atoms with van der Waals surface area (Å²) in [7, 11) is 0. The van der Waals surface area contributed by atoms with E-state index in [1.54, 1.807) is 24.3 Å². The Morgan fingerprint density at radius 2 is 2.03 bits per heavy atom. The fourth-order valence-corrected chi connectivity index (χ4v) is 4.00. The number of fused-ring (bicyclic) bond motifs is 1. The molecule has 1 aliphatic rings. The van der Waals surface area contributed by atoms with Crippen molar-refractivity contribution in [2.24, 2.45) is 5.92 Å². The first-order valence-electron chi connectivity index (χ1n) is 9.93. The summed E-state index contributed by atoms with van der Waals surface area (Å²) in [5.41, 5.74) is 2.80. The quantitative estimate of drug-likeness (QED) is 0.335. The Kier molecular flexibility index (Phi) is 5.41. The highest BCUT2D eigenvalue weighted by Gasteiger charge is 2.24. The van der Waals surface area contributed by atoms with Gasteiger partial charge in [0.05, 0.1) is 29.4 Å². The highest BCUT2D eigenvalue weighted by Crippen LogP contribution is 2.30. The minimum absolute atomic E-state index is 0.0878. The van der Waals surface area contributed by atoms with Crippen LogP contribution in [0.15, 0.2) is 46.9 Å². The molecule has 32 heavy (non-hydrogen) atoms. The van der Waals surface area contributed by atoms with Crippen LogP contribution in [0.5, 0.6) is 0 Å². The maximum Gasteiger partial charge on any atom is 0.272 e. The predicted molar refractivity (Wildman–Crippen MR) is 121 cm³/mol. The molecule has 162 valence electrons. The number of hydrogen-bond donors (Lipinski definition) is 4. The molecule has 0 saturated carbocycles. The Hall–Kier alpha value is -3.57. The fourth-order valence-electron chi connectivity index (χ4n) is 3.63. The zero-order valence-corrected chi connectivity index (χ0v) is 18.3. The van der Waals surface area contributed by atoms with Gasteiger partial charge in [0, 0.05) is 22.0 Å².